The van der Waals surface area contributed by atoms with Crippen LogP contribution in [0.1, 0.15) is 208 Å². The fourth-order valence-corrected chi connectivity index (χ4v) is 9.00. The standard InChI is InChI=1S/C59H91NO14/c1-3-5-7-9-11-13-15-17-19-21-23-25-33-39-49(72-57(68)45-35-29-27-30-36-45)48(60-51(61)40-34-26-24-22-20-18-16-14-12-10-8-6-4-2)43-71-59-54(74-58(69)46-37-31-28-32-38-46)53(63)52(62)50(73-59)44-70-42-41-47(55(64)65)56(66)67/h27-33,35-39,47-50,52-54,59,62-63H,3-26,34,40-44H2,1-2H3,(H,60,61)(H,64,65)(H,66,67)/b39-33+/t48-,49+,50+,52-,53-,54+,59-/m0/s1. The zero-order valence-electron chi connectivity index (χ0n) is 44.6. The summed E-state index contributed by atoms with van der Waals surface area (Å²) in [5, 5.41) is 44.4. The third kappa shape index (κ3) is 26.7. The Morgan fingerprint density at radius 1 is 0.622 bits per heavy atom. The molecular weight excluding hydrogens is 947 g/mol. The van der Waals surface area contributed by atoms with Gasteiger partial charge in [-0.1, -0.05) is 198 Å². The maximum Gasteiger partial charge on any atom is 0.338 e. The minimum atomic E-state index is -1.79. The molecule has 1 heterocycles. The highest BCUT2D eigenvalue weighted by molar-refractivity contribution is 5.92. The summed E-state index contributed by atoms with van der Waals surface area (Å²) in [5.74, 6) is -6.57. The average Bonchev–Trinajstić information content (AvgIpc) is 3.39. The Labute approximate surface area is 441 Å². The molecule has 1 amide bonds. The summed E-state index contributed by atoms with van der Waals surface area (Å²) in [5.41, 5.74) is 0.453. The van der Waals surface area contributed by atoms with E-state index in [1.165, 1.54) is 121 Å². The van der Waals surface area contributed by atoms with Gasteiger partial charge in [-0.3, -0.25) is 14.4 Å². The number of ether oxygens (including phenoxy) is 5. The molecule has 0 saturated carbocycles. The van der Waals surface area contributed by atoms with Crippen LogP contribution >= 0.6 is 0 Å². The van der Waals surface area contributed by atoms with Gasteiger partial charge in [0, 0.05) is 13.0 Å². The normalized spacial score (nSPS) is 18.5. The molecule has 416 valence electrons. The number of carboxylic acid groups (broad SMARTS) is 2. The van der Waals surface area contributed by atoms with Crippen LogP contribution in [0.5, 0.6) is 0 Å². The van der Waals surface area contributed by atoms with Gasteiger partial charge in [-0.25, -0.2) is 9.59 Å². The SMILES string of the molecule is CCCCCCCCCCCCC/C=C/[C@@H](OC(=O)c1ccccc1)[C@H](CO[C@H]1O[C@H](COCCC(C(=O)O)C(=O)O)[C@H](O)[C@H](O)[C@H]1OC(=O)c1ccccc1)NC(=O)CCCCCCCCCCCCCCC. The van der Waals surface area contributed by atoms with Crippen LogP contribution in [0.4, 0.5) is 0 Å². The number of amides is 1. The third-order valence-electron chi connectivity index (χ3n) is 13.6. The van der Waals surface area contributed by atoms with Gasteiger partial charge in [0.15, 0.2) is 18.3 Å². The third-order valence-corrected chi connectivity index (χ3v) is 13.6. The Hall–Kier alpha value is -4.67. The summed E-state index contributed by atoms with van der Waals surface area (Å²) < 4.78 is 29.9. The van der Waals surface area contributed by atoms with Gasteiger partial charge in [0.2, 0.25) is 5.91 Å². The Balaban J connectivity index is 1.80. The summed E-state index contributed by atoms with van der Waals surface area (Å²) >= 11 is 0. The van der Waals surface area contributed by atoms with Gasteiger partial charge >= 0.3 is 23.9 Å². The number of aliphatic hydroxyl groups is 2. The summed E-state index contributed by atoms with van der Waals surface area (Å²) in [6.45, 7) is 3.32. The molecule has 1 aliphatic rings. The number of nitrogens with one attached hydrogen (secondary N) is 1. The number of carbonyl (C=O) groups is 5. The number of rotatable bonds is 43. The van der Waals surface area contributed by atoms with E-state index in [9.17, 15) is 44.4 Å². The van der Waals surface area contributed by atoms with E-state index in [0.29, 0.717) is 18.4 Å². The first kappa shape index (κ1) is 63.6. The van der Waals surface area contributed by atoms with Crippen LogP contribution in [0.15, 0.2) is 72.8 Å². The number of aliphatic carboxylic acids is 2. The predicted molar refractivity (Wildman–Crippen MR) is 285 cm³/mol. The molecule has 1 fully saturated rings. The van der Waals surface area contributed by atoms with Crippen molar-refractivity contribution in [1.29, 1.82) is 0 Å². The lowest BCUT2D eigenvalue weighted by molar-refractivity contribution is -0.303. The largest absolute Gasteiger partial charge is 0.481 e. The second kappa shape index (κ2) is 39.7. The van der Waals surface area contributed by atoms with Crippen molar-refractivity contribution in [3.8, 4) is 0 Å². The van der Waals surface area contributed by atoms with E-state index in [-0.39, 0.29) is 37.5 Å². The van der Waals surface area contributed by atoms with Gasteiger partial charge in [0.05, 0.1) is 30.4 Å². The molecule has 15 heteroatoms. The van der Waals surface area contributed by atoms with Crippen LogP contribution < -0.4 is 5.32 Å². The van der Waals surface area contributed by atoms with Crippen molar-refractivity contribution in [2.75, 3.05) is 19.8 Å². The van der Waals surface area contributed by atoms with Gasteiger partial charge in [-0.15, -0.1) is 0 Å². The topological polar surface area (TPSA) is 224 Å². The monoisotopic (exact) mass is 1040 g/mol. The highest BCUT2D eigenvalue weighted by Crippen LogP contribution is 2.27. The van der Waals surface area contributed by atoms with Gasteiger partial charge < -0.3 is 49.4 Å². The molecule has 0 bridgehead atoms. The molecule has 2 aromatic rings. The first-order valence-electron chi connectivity index (χ1n) is 28.1. The van der Waals surface area contributed by atoms with Crippen molar-refractivity contribution in [3.63, 3.8) is 0 Å². The fourth-order valence-electron chi connectivity index (χ4n) is 9.00. The first-order valence-corrected chi connectivity index (χ1v) is 28.1. The van der Waals surface area contributed by atoms with Crippen LogP contribution in [-0.2, 0) is 38.1 Å². The van der Waals surface area contributed by atoms with E-state index in [2.05, 4.69) is 19.2 Å². The average molecular weight is 1040 g/mol. The van der Waals surface area contributed by atoms with E-state index in [1.807, 2.05) is 6.08 Å². The van der Waals surface area contributed by atoms with Crippen molar-refractivity contribution in [2.45, 2.75) is 230 Å². The zero-order chi connectivity index (χ0) is 53.6. The second-order valence-corrected chi connectivity index (χ2v) is 19.8. The minimum Gasteiger partial charge on any atom is -0.481 e. The highest BCUT2D eigenvalue weighted by Gasteiger charge is 2.48. The van der Waals surface area contributed by atoms with E-state index < -0.39 is 79.3 Å². The Morgan fingerprint density at radius 2 is 1.09 bits per heavy atom. The molecule has 0 aromatic heterocycles. The maximum atomic E-state index is 13.9. The molecule has 1 aliphatic heterocycles. The summed E-state index contributed by atoms with van der Waals surface area (Å²) in [6.07, 6.45) is 23.4. The first-order chi connectivity index (χ1) is 36.0. The van der Waals surface area contributed by atoms with E-state index in [0.717, 1.165) is 38.5 Å². The van der Waals surface area contributed by atoms with Gasteiger partial charge in [0.25, 0.3) is 0 Å². The summed E-state index contributed by atoms with van der Waals surface area (Å²) in [7, 11) is 0. The Morgan fingerprint density at radius 3 is 1.59 bits per heavy atom. The molecular formula is C59H91NO14. The lowest BCUT2D eigenvalue weighted by Gasteiger charge is -2.42. The smallest absolute Gasteiger partial charge is 0.338 e. The minimum absolute atomic E-state index is 0.152. The number of unbranched alkanes of at least 4 members (excludes halogenated alkanes) is 23. The number of hydrogen-bond acceptors (Lipinski definition) is 12. The van der Waals surface area contributed by atoms with Gasteiger partial charge in [0.1, 0.15) is 24.4 Å². The van der Waals surface area contributed by atoms with Crippen LogP contribution in [0.2, 0.25) is 0 Å². The number of allylic oxidation sites excluding steroid dienone is 1. The molecule has 5 N–H and O–H groups in total. The number of benzene rings is 2. The molecule has 0 spiro atoms. The molecule has 0 unspecified atom stereocenters. The zero-order valence-corrected chi connectivity index (χ0v) is 44.6. The van der Waals surface area contributed by atoms with Crippen LogP contribution in [0.3, 0.4) is 0 Å². The van der Waals surface area contributed by atoms with Crippen LogP contribution in [0.25, 0.3) is 0 Å². The molecule has 74 heavy (non-hydrogen) atoms. The van der Waals surface area contributed by atoms with Crippen molar-refractivity contribution in [1.82, 2.24) is 5.32 Å². The van der Waals surface area contributed by atoms with Crippen LogP contribution in [0, 0.1) is 5.92 Å². The number of carbonyl (C=O) groups excluding carboxylic acids is 3. The molecule has 7 atom stereocenters. The van der Waals surface area contributed by atoms with E-state index in [1.54, 1.807) is 54.6 Å². The molecule has 1 saturated heterocycles. The Kier molecular flexibility index (Phi) is 34.1. The van der Waals surface area contributed by atoms with E-state index >= 15 is 0 Å². The van der Waals surface area contributed by atoms with Crippen molar-refractivity contribution >= 4 is 29.8 Å². The number of hydrogen-bond donors (Lipinski definition) is 5. The van der Waals surface area contributed by atoms with Gasteiger partial charge in [-0.2, -0.15) is 0 Å². The number of esters is 2. The number of carboxylic acids is 2. The van der Waals surface area contributed by atoms with Crippen molar-refractivity contribution < 1.29 is 68.1 Å². The molecule has 0 aliphatic carbocycles. The van der Waals surface area contributed by atoms with Crippen molar-refractivity contribution in [2.24, 2.45) is 5.92 Å². The maximum absolute atomic E-state index is 13.9. The molecule has 2 aromatic carbocycles. The summed E-state index contributed by atoms with van der Waals surface area (Å²) in [4.78, 5) is 63.9. The van der Waals surface area contributed by atoms with E-state index in [4.69, 9.17) is 23.7 Å². The number of aliphatic hydroxyl groups excluding tert-OH is 2. The van der Waals surface area contributed by atoms with Crippen LogP contribution in [-0.4, -0.2) is 113 Å². The Bertz CT molecular complexity index is 1830. The molecule has 3 rings (SSSR count). The molecule has 15 nitrogen and oxygen atoms in total. The second-order valence-electron chi connectivity index (χ2n) is 19.8. The highest BCUT2D eigenvalue weighted by atomic mass is 16.7. The lowest BCUT2D eigenvalue weighted by atomic mass is 9.98. The lowest BCUT2D eigenvalue weighted by Crippen LogP contribution is -2.61. The predicted octanol–water partition coefficient (Wildman–Crippen LogP) is 11.3. The summed E-state index contributed by atoms with van der Waals surface area (Å²) in [6, 6.07) is 15.5. The fraction of sp³-hybridized carbons (Fsp3) is 0.678. The quantitative estimate of drug-likeness (QED) is 0.0180. The molecule has 0 radical (unpaired) electrons. The van der Waals surface area contributed by atoms with Crippen molar-refractivity contribution in [3.05, 3.63) is 83.9 Å². The van der Waals surface area contributed by atoms with Gasteiger partial charge in [-0.05, 0) is 56.0 Å².